The zero-order valence-electron chi connectivity index (χ0n) is 10.1. The van der Waals surface area contributed by atoms with Crippen LogP contribution in [-0.4, -0.2) is 39.4 Å². The number of primary amides is 1. The van der Waals surface area contributed by atoms with Gasteiger partial charge in [-0.05, 0) is 18.2 Å². The summed E-state index contributed by atoms with van der Waals surface area (Å²) in [6.45, 7) is 1.77. The van der Waals surface area contributed by atoms with Crippen molar-refractivity contribution in [3.63, 3.8) is 0 Å². The Balaban J connectivity index is 2.44. The van der Waals surface area contributed by atoms with Crippen molar-refractivity contribution in [3.05, 3.63) is 28.8 Å². The fraction of sp³-hybridized carbons (Fsp3) is 0.417. The zero-order chi connectivity index (χ0) is 13.4. The monoisotopic (exact) mass is 273 g/mol. The van der Waals surface area contributed by atoms with Gasteiger partial charge >= 0.3 is 0 Å². The first-order valence-electron chi connectivity index (χ1n) is 5.44. The van der Waals surface area contributed by atoms with Crippen LogP contribution in [0.25, 0.3) is 0 Å². The zero-order valence-corrected chi connectivity index (χ0v) is 10.9. The maximum absolute atomic E-state index is 11.2. The first-order chi connectivity index (χ1) is 8.65. The average Bonchev–Trinajstić information content (AvgIpc) is 2.35. The Morgan fingerprint density at radius 1 is 1.28 bits per heavy atom. The Labute approximate surface area is 111 Å². The van der Waals surface area contributed by atoms with Crippen molar-refractivity contribution in [1.29, 1.82) is 0 Å². The van der Waals surface area contributed by atoms with Crippen LogP contribution < -0.4 is 10.5 Å². The summed E-state index contributed by atoms with van der Waals surface area (Å²) in [5.74, 6) is -0.171. The molecule has 0 saturated heterocycles. The molecular formula is C12H16ClNO4. The first kappa shape index (κ1) is 14.8. The van der Waals surface area contributed by atoms with Crippen molar-refractivity contribution in [2.24, 2.45) is 5.73 Å². The smallest absolute Gasteiger partial charge is 0.252 e. The molecule has 0 unspecified atom stereocenters. The molecule has 2 N–H and O–H groups in total. The Bertz CT molecular complexity index is 398. The maximum Gasteiger partial charge on any atom is 0.252 e. The van der Waals surface area contributed by atoms with Gasteiger partial charge in [0, 0.05) is 12.1 Å². The topological polar surface area (TPSA) is 70.8 Å². The lowest BCUT2D eigenvalue weighted by Gasteiger charge is -2.10. The van der Waals surface area contributed by atoms with Gasteiger partial charge in [0.2, 0.25) is 0 Å². The minimum absolute atomic E-state index is 0.263. The highest BCUT2D eigenvalue weighted by Gasteiger charge is 2.09. The molecule has 0 aliphatic carbocycles. The van der Waals surface area contributed by atoms with Gasteiger partial charge in [-0.3, -0.25) is 4.79 Å². The fourth-order valence-corrected chi connectivity index (χ4v) is 1.45. The van der Waals surface area contributed by atoms with Crippen molar-refractivity contribution in [3.8, 4) is 5.75 Å². The largest absolute Gasteiger partial charge is 0.490 e. The molecule has 0 saturated carbocycles. The number of carbonyl (C=O) groups excluding carboxylic acids is 1. The number of ether oxygens (including phenoxy) is 3. The highest BCUT2D eigenvalue weighted by atomic mass is 35.5. The molecule has 0 aliphatic heterocycles. The predicted octanol–water partition coefficient (Wildman–Crippen LogP) is 1.48. The van der Waals surface area contributed by atoms with Crippen LogP contribution in [0.5, 0.6) is 5.75 Å². The van der Waals surface area contributed by atoms with E-state index in [-0.39, 0.29) is 5.56 Å². The fourth-order valence-electron chi connectivity index (χ4n) is 1.28. The van der Waals surface area contributed by atoms with Gasteiger partial charge in [0.05, 0.1) is 25.4 Å². The average molecular weight is 274 g/mol. The molecule has 5 nitrogen and oxygen atoms in total. The molecule has 18 heavy (non-hydrogen) atoms. The summed E-state index contributed by atoms with van der Waals surface area (Å²) in [7, 11) is 1.60. The Hall–Kier alpha value is -1.30. The molecule has 1 rings (SSSR count). The number of hydrogen-bond donors (Lipinski definition) is 1. The van der Waals surface area contributed by atoms with Gasteiger partial charge in [0.15, 0.2) is 0 Å². The molecule has 1 aromatic carbocycles. The van der Waals surface area contributed by atoms with E-state index in [0.29, 0.717) is 37.2 Å². The summed E-state index contributed by atoms with van der Waals surface area (Å²) in [5, 5.41) is 0.437. The van der Waals surface area contributed by atoms with E-state index in [9.17, 15) is 4.79 Å². The second-order valence-corrected chi connectivity index (χ2v) is 3.89. The molecule has 0 radical (unpaired) electrons. The number of hydrogen-bond acceptors (Lipinski definition) is 4. The molecule has 1 aromatic rings. The van der Waals surface area contributed by atoms with Crippen LogP contribution in [-0.2, 0) is 9.47 Å². The molecule has 0 atom stereocenters. The van der Waals surface area contributed by atoms with Crippen LogP contribution in [0, 0.1) is 0 Å². The molecule has 0 fully saturated rings. The van der Waals surface area contributed by atoms with E-state index in [1.807, 2.05) is 0 Å². The molecule has 0 aromatic heterocycles. The molecule has 6 heteroatoms. The van der Waals surface area contributed by atoms with E-state index in [1.165, 1.54) is 6.07 Å². The van der Waals surface area contributed by atoms with Crippen LogP contribution in [0.3, 0.4) is 0 Å². The lowest BCUT2D eigenvalue weighted by molar-refractivity contribution is 0.0542. The normalized spacial score (nSPS) is 10.3. The van der Waals surface area contributed by atoms with Crippen molar-refractivity contribution >= 4 is 17.5 Å². The van der Waals surface area contributed by atoms with E-state index in [2.05, 4.69) is 0 Å². The third-order valence-corrected chi connectivity index (χ3v) is 2.36. The number of methoxy groups -OCH3 is 1. The second-order valence-electron chi connectivity index (χ2n) is 3.46. The Morgan fingerprint density at radius 2 is 2.00 bits per heavy atom. The third kappa shape index (κ3) is 4.91. The second kappa shape index (κ2) is 7.92. The SMILES string of the molecule is COCCOCCOc1ccc(Cl)cc1C(N)=O. The maximum atomic E-state index is 11.2. The standard InChI is InChI=1S/C12H16ClNO4/c1-16-4-5-17-6-7-18-11-3-2-9(13)8-10(11)12(14)15/h2-3,8H,4-7H2,1H3,(H2,14,15). The van der Waals surface area contributed by atoms with Gasteiger partial charge in [-0.2, -0.15) is 0 Å². The van der Waals surface area contributed by atoms with Gasteiger partial charge in [-0.15, -0.1) is 0 Å². The molecule has 1 amide bonds. The molecular weight excluding hydrogens is 258 g/mol. The number of carbonyl (C=O) groups is 1. The van der Waals surface area contributed by atoms with Gasteiger partial charge in [-0.25, -0.2) is 0 Å². The number of amides is 1. The van der Waals surface area contributed by atoms with E-state index in [4.69, 9.17) is 31.5 Å². The van der Waals surface area contributed by atoms with E-state index >= 15 is 0 Å². The van der Waals surface area contributed by atoms with E-state index < -0.39 is 5.91 Å². The number of benzene rings is 1. The van der Waals surface area contributed by atoms with Crippen LogP contribution in [0.1, 0.15) is 10.4 Å². The first-order valence-corrected chi connectivity index (χ1v) is 5.81. The molecule has 0 aliphatic rings. The van der Waals surface area contributed by atoms with E-state index in [1.54, 1.807) is 19.2 Å². The van der Waals surface area contributed by atoms with Crippen molar-refractivity contribution in [2.75, 3.05) is 33.5 Å². The van der Waals surface area contributed by atoms with Crippen molar-refractivity contribution < 1.29 is 19.0 Å². The van der Waals surface area contributed by atoms with Gasteiger partial charge in [0.1, 0.15) is 12.4 Å². The molecule has 100 valence electrons. The number of halogens is 1. The van der Waals surface area contributed by atoms with Gasteiger partial charge in [0.25, 0.3) is 5.91 Å². The number of rotatable bonds is 8. The Kier molecular flexibility index (Phi) is 6.49. The van der Waals surface area contributed by atoms with Crippen molar-refractivity contribution in [2.45, 2.75) is 0 Å². The lowest BCUT2D eigenvalue weighted by atomic mass is 10.2. The van der Waals surface area contributed by atoms with E-state index in [0.717, 1.165) is 0 Å². The minimum atomic E-state index is -0.576. The molecule has 0 spiro atoms. The van der Waals surface area contributed by atoms with Crippen LogP contribution in [0.15, 0.2) is 18.2 Å². The summed E-state index contributed by atoms with van der Waals surface area (Å²) in [6.07, 6.45) is 0. The predicted molar refractivity (Wildman–Crippen MR) is 68.2 cm³/mol. The van der Waals surface area contributed by atoms with Crippen LogP contribution in [0.4, 0.5) is 0 Å². The minimum Gasteiger partial charge on any atom is -0.490 e. The Morgan fingerprint density at radius 3 is 2.67 bits per heavy atom. The lowest BCUT2D eigenvalue weighted by Crippen LogP contribution is -2.15. The highest BCUT2D eigenvalue weighted by molar-refractivity contribution is 6.31. The third-order valence-electron chi connectivity index (χ3n) is 2.12. The van der Waals surface area contributed by atoms with Gasteiger partial charge in [-0.1, -0.05) is 11.6 Å². The van der Waals surface area contributed by atoms with Crippen LogP contribution in [0.2, 0.25) is 5.02 Å². The summed E-state index contributed by atoms with van der Waals surface area (Å²) >= 11 is 5.78. The van der Waals surface area contributed by atoms with Crippen molar-refractivity contribution in [1.82, 2.24) is 0 Å². The summed E-state index contributed by atoms with van der Waals surface area (Å²) < 4.78 is 15.5. The van der Waals surface area contributed by atoms with Crippen LogP contribution >= 0.6 is 11.6 Å². The van der Waals surface area contributed by atoms with Gasteiger partial charge < -0.3 is 19.9 Å². The summed E-state index contributed by atoms with van der Waals surface area (Å²) in [5.41, 5.74) is 5.49. The molecule has 0 heterocycles. The summed E-state index contributed by atoms with van der Waals surface area (Å²) in [4.78, 5) is 11.2. The summed E-state index contributed by atoms with van der Waals surface area (Å²) in [6, 6.07) is 4.72. The number of nitrogens with two attached hydrogens (primary N) is 1. The molecule has 0 bridgehead atoms. The quantitative estimate of drug-likeness (QED) is 0.729. The highest BCUT2D eigenvalue weighted by Crippen LogP contribution is 2.22.